The third-order valence-electron chi connectivity index (χ3n) is 3.35. The molecule has 2 rings (SSSR count). The van der Waals surface area contributed by atoms with Gasteiger partial charge in [-0.15, -0.1) is 0 Å². The highest BCUT2D eigenvalue weighted by molar-refractivity contribution is 7.95. The molecule has 0 saturated carbocycles. The molecule has 0 radical (unpaired) electrons. The number of sulfone groups is 1. The minimum Gasteiger partial charge on any atom is -0.389 e. The van der Waals surface area contributed by atoms with Crippen LogP contribution in [0.1, 0.15) is 25.8 Å². The molecule has 1 aliphatic rings. The Hall–Kier alpha value is -1.13. The van der Waals surface area contributed by atoms with E-state index in [-0.39, 0.29) is 0 Å². The highest BCUT2D eigenvalue weighted by Crippen LogP contribution is 2.43. The van der Waals surface area contributed by atoms with Crippen LogP contribution in [0.2, 0.25) is 0 Å². The van der Waals surface area contributed by atoms with Crippen molar-refractivity contribution < 1.29 is 13.5 Å². The maximum atomic E-state index is 12.5. The molecule has 1 aliphatic carbocycles. The van der Waals surface area contributed by atoms with E-state index in [1.54, 1.807) is 24.3 Å². The SMILES string of the molecule is Cc1ccc(S(=O)(=O)C2=C[C@@H](O)CC2(C)C)cc1. The molecule has 0 amide bonds. The van der Waals surface area contributed by atoms with Crippen molar-refractivity contribution in [2.45, 2.75) is 38.2 Å². The van der Waals surface area contributed by atoms with Crippen LogP contribution in [0.4, 0.5) is 0 Å². The fourth-order valence-corrected chi connectivity index (χ4v) is 4.28. The van der Waals surface area contributed by atoms with Gasteiger partial charge < -0.3 is 5.11 Å². The van der Waals surface area contributed by atoms with Gasteiger partial charge in [0.15, 0.2) is 0 Å². The first-order valence-corrected chi connectivity index (χ1v) is 7.44. The van der Waals surface area contributed by atoms with Crippen LogP contribution in [-0.4, -0.2) is 19.6 Å². The second-order valence-electron chi connectivity index (χ2n) is 5.50. The van der Waals surface area contributed by atoms with Gasteiger partial charge >= 0.3 is 0 Å². The molecule has 0 fully saturated rings. The predicted molar refractivity (Wildman–Crippen MR) is 70.9 cm³/mol. The van der Waals surface area contributed by atoms with E-state index in [2.05, 4.69) is 0 Å². The number of hydrogen-bond acceptors (Lipinski definition) is 3. The Labute approximate surface area is 108 Å². The molecule has 98 valence electrons. The van der Waals surface area contributed by atoms with Gasteiger partial charge in [0.05, 0.1) is 15.9 Å². The predicted octanol–water partition coefficient (Wildman–Crippen LogP) is 2.44. The van der Waals surface area contributed by atoms with Crippen molar-refractivity contribution in [3.8, 4) is 0 Å². The summed E-state index contributed by atoms with van der Waals surface area (Å²) in [7, 11) is -3.49. The van der Waals surface area contributed by atoms with Crippen molar-refractivity contribution in [2.24, 2.45) is 5.41 Å². The molecule has 0 bridgehead atoms. The Morgan fingerprint density at radius 1 is 1.22 bits per heavy atom. The van der Waals surface area contributed by atoms with Gasteiger partial charge in [0.25, 0.3) is 0 Å². The summed E-state index contributed by atoms with van der Waals surface area (Å²) in [5.74, 6) is 0. The highest BCUT2D eigenvalue weighted by Gasteiger charge is 2.40. The molecule has 18 heavy (non-hydrogen) atoms. The summed E-state index contributed by atoms with van der Waals surface area (Å²) in [5.41, 5.74) is 0.511. The van der Waals surface area contributed by atoms with Gasteiger partial charge in [0.1, 0.15) is 0 Å². The number of benzene rings is 1. The average Bonchev–Trinajstić information content (AvgIpc) is 2.53. The van der Waals surface area contributed by atoms with E-state index in [1.165, 1.54) is 6.08 Å². The normalized spacial score (nSPS) is 22.9. The van der Waals surface area contributed by atoms with Crippen LogP contribution >= 0.6 is 0 Å². The van der Waals surface area contributed by atoms with Crippen molar-refractivity contribution in [2.75, 3.05) is 0 Å². The van der Waals surface area contributed by atoms with Gasteiger partial charge in [-0.1, -0.05) is 31.5 Å². The van der Waals surface area contributed by atoms with E-state index in [0.29, 0.717) is 16.2 Å². The molecule has 0 spiro atoms. The zero-order valence-corrected chi connectivity index (χ0v) is 11.7. The van der Waals surface area contributed by atoms with E-state index in [4.69, 9.17) is 0 Å². The Kier molecular flexibility index (Phi) is 3.11. The van der Waals surface area contributed by atoms with E-state index >= 15 is 0 Å². The molecule has 0 heterocycles. The Balaban J connectivity index is 2.50. The number of hydrogen-bond donors (Lipinski definition) is 1. The average molecular weight is 266 g/mol. The van der Waals surface area contributed by atoms with Crippen molar-refractivity contribution in [3.63, 3.8) is 0 Å². The number of rotatable bonds is 2. The van der Waals surface area contributed by atoms with Crippen LogP contribution < -0.4 is 0 Å². The fourth-order valence-electron chi connectivity index (χ4n) is 2.38. The maximum absolute atomic E-state index is 12.5. The maximum Gasteiger partial charge on any atom is 0.203 e. The van der Waals surface area contributed by atoms with Crippen LogP contribution in [0, 0.1) is 12.3 Å². The molecule has 3 nitrogen and oxygen atoms in total. The first-order valence-electron chi connectivity index (χ1n) is 5.95. The lowest BCUT2D eigenvalue weighted by atomic mass is 9.93. The summed E-state index contributed by atoms with van der Waals surface area (Å²) >= 11 is 0. The molecule has 1 aromatic rings. The monoisotopic (exact) mass is 266 g/mol. The van der Waals surface area contributed by atoms with Crippen molar-refractivity contribution in [3.05, 3.63) is 40.8 Å². The van der Waals surface area contributed by atoms with Crippen LogP contribution in [-0.2, 0) is 9.84 Å². The first kappa shape index (κ1) is 13.3. The lowest BCUT2D eigenvalue weighted by Gasteiger charge is -2.22. The molecule has 1 atom stereocenters. The smallest absolute Gasteiger partial charge is 0.203 e. The molecule has 0 aliphatic heterocycles. The lowest BCUT2D eigenvalue weighted by molar-refractivity contribution is 0.191. The number of aryl methyl sites for hydroxylation is 1. The van der Waals surface area contributed by atoms with Gasteiger partial charge in [-0.25, -0.2) is 8.42 Å². The Morgan fingerprint density at radius 3 is 2.22 bits per heavy atom. The van der Waals surface area contributed by atoms with Crippen molar-refractivity contribution >= 4 is 9.84 Å². The summed E-state index contributed by atoms with van der Waals surface area (Å²) in [6.45, 7) is 5.61. The third kappa shape index (κ3) is 2.22. The minimum atomic E-state index is -3.49. The second-order valence-corrected chi connectivity index (χ2v) is 7.42. The van der Waals surface area contributed by atoms with Crippen LogP contribution in [0.5, 0.6) is 0 Å². The molecular weight excluding hydrogens is 248 g/mol. The molecule has 1 N–H and O–H groups in total. The zero-order chi connectivity index (χ0) is 13.6. The first-order chi connectivity index (χ1) is 8.23. The van der Waals surface area contributed by atoms with Crippen LogP contribution in [0.15, 0.2) is 40.1 Å². The molecule has 0 saturated heterocycles. The van der Waals surface area contributed by atoms with E-state index in [1.807, 2.05) is 20.8 Å². The number of aliphatic hydroxyl groups excluding tert-OH is 1. The quantitative estimate of drug-likeness (QED) is 0.894. The molecule has 1 aromatic carbocycles. The molecule has 0 aromatic heterocycles. The van der Waals surface area contributed by atoms with Gasteiger partial charge in [-0.3, -0.25) is 0 Å². The molecular formula is C14H18O3S. The van der Waals surface area contributed by atoms with Crippen molar-refractivity contribution in [1.29, 1.82) is 0 Å². The summed E-state index contributed by atoms with van der Waals surface area (Å²) in [5, 5.41) is 9.65. The second kappa shape index (κ2) is 4.21. The molecule has 0 unspecified atom stereocenters. The van der Waals surface area contributed by atoms with Crippen LogP contribution in [0.3, 0.4) is 0 Å². The van der Waals surface area contributed by atoms with E-state index in [0.717, 1.165) is 5.56 Å². The summed E-state index contributed by atoms with van der Waals surface area (Å²) in [4.78, 5) is 0.618. The Bertz CT molecular complexity index is 580. The summed E-state index contributed by atoms with van der Waals surface area (Å²) < 4.78 is 25.1. The zero-order valence-electron chi connectivity index (χ0n) is 10.8. The topological polar surface area (TPSA) is 54.4 Å². The van der Waals surface area contributed by atoms with Gasteiger partial charge in [0, 0.05) is 5.41 Å². The van der Waals surface area contributed by atoms with Crippen molar-refractivity contribution in [1.82, 2.24) is 0 Å². The lowest BCUT2D eigenvalue weighted by Crippen LogP contribution is -2.19. The highest BCUT2D eigenvalue weighted by atomic mass is 32.2. The number of allylic oxidation sites excluding steroid dienone is 1. The van der Waals surface area contributed by atoms with Gasteiger partial charge in [-0.2, -0.15) is 0 Å². The standard InChI is InChI=1S/C14H18O3S/c1-10-4-6-12(7-5-10)18(16,17)13-8-11(15)9-14(13,2)3/h4-8,11,15H,9H2,1-3H3/t11-/m1/s1. The van der Waals surface area contributed by atoms with E-state index < -0.39 is 21.4 Å². The van der Waals surface area contributed by atoms with E-state index in [9.17, 15) is 13.5 Å². The minimum absolute atomic E-state index is 0.293. The third-order valence-corrected chi connectivity index (χ3v) is 5.51. The van der Waals surface area contributed by atoms with Gasteiger partial charge in [-0.05, 0) is 31.6 Å². The largest absolute Gasteiger partial charge is 0.389 e. The van der Waals surface area contributed by atoms with Gasteiger partial charge in [0.2, 0.25) is 9.84 Å². The van der Waals surface area contributed by atoms with Crippen LogP contribution in [0.25, 0.3) is 0 Å². The number of aliphatic hydroxyl groups is 1. The summed E-state index contributed by atoms with van der Waals surface area (Å²) in [6.07, 6.45) is 1.25. The molecule has 4 heteroatoms. The Morgan fingerprint density at radius 2 is 1.78 bits per heavy atom. The summed E-state index contributed by atoms with van der Waals surface area (Å²) in [6, 6.07) is 6.80. The fraction of sp³-hybridized carbons (Fsp3) is 0.429.